The maximum absolute atomic E-state index is 5.13. The summed E-state index contributed by atoms with van der Waals surface area (Å²) < 4.78 is 1.41. The molecule has 0 aliphatic rings. The minimum atomic E-state index is 1.18. The summed E-state index contributed by atoms with van der Waals surface area (Å²) in [6.07, 6.45) is 48.3. The molecule has 0 aliphatic heterocycles. The largest absolute Gasteiger partial charge is 0.281 e. The van der Waals surface area contributed by atoms with Crippen LogP contribution in [0, 0.1) is 0 Å². The van der Waals surface area contributed by atoms with Gasteiger partial charge in [0, 0.05) is 0 Å². The summed E-state index contributed by atoms with van der Waals surface area (Å²) in [6, 6.07) is 6.90. The molecule has 2 aromatic rings. The van der Waals surface area contributed by atoms with E-state index in [1.807, 2.05) is 11.3 Å². The van der Waals surface area contributed by atoms with Crippen molar-refractivity contribution < 1.29 is 0 Å². The van der Waals surface area contributed by atoms with Crippen LogP contribution in [-0.4, -0.2) is 4.98 Å². The van der Waals surface area contributed by atoms with E-state index in [-0.39, 0.29) is 0 Å². The fourth-order valence-electron chi connectivity index (χ4n) is 7.05. The van der Waals surface area contributed by atoms with Crippen molar-refractivity contribution in [2.75, 3.05) is 0 Å². The van der Waals surface area contributed by atoms with Crippen LogP contribution in [0.3, 0.4) is 0 Å². The zero-order valence-corrected chi connectivity index (χ0v) is 33.4. The Balaban J connectivity index is 0.00000541. The number of hydrogen-bond donors (Lipinski definition) is 2. The van der Waals surface area contributed by atoms with Gasteiger partial charge in [-0.15, -0.1) is 24.2 Å². The van der Waals surface area contributed by atoms with Crippen LogP contribution in [0.5, 0.6) is 0 Å². The molecule has 0 saturated heterocycles. The molecule has 2 rings (SSSR count). The SMILES string of the molecule is CCCCCCCCCCCCCCCCCCc1nc2c(CCCCCCCCCCCCCCCCCC)cccc2s1.NS. The third-order valence-corrected chi connectivity index (χ3v) is 11.2. The Morgan fingerprint density at radius 3 is 1.13 bits per heavy atom. The maximum atomic E-state index is 5.13. The molecule has 0 unspecified atom stereocenters. The normalized spacial score (nSPS) is 11.3. The van der Waals surface area contributed by atoms with E-state index in [1.54, 1.807) is 0 Å². The molecule has 1 aromatic carbocycles. The van der Waals surface area contributed by atoms with Crippen molar-refractivity contribution in [1.29, 1.82) is 0 Å². The summed E-state index contributed by atoms with van der Waals surface area (Å²) in [7, 11) is 0. The molecule has 4 heteroatoms. The van der Waals surface area contributed by atoms with E-state index in [9.17, 15) is 0 Å². The lowest BCUT2D eigenvalue weighted by molar-refractivity contribution is 0.529. The Morgan fingerprint density at radius 1 is 0.447 bits per heavy atom. The maximum Gasteiger partial charge on any atom is 0.0938 e. The third kappa shape index (κ3) is 26.0. The second kappa shape index (κ2) is 35.3. The lowest BCUT2D eigenvalue weighted by Gasteiger charge is -2.04. The molecule has 0 amide bonds. The molecule has 1 heterocycles. The molecule has 0 bridgehead atoms. The van der Waals surface area contributed by atoms with Crippen molar-refractivity contribution in [2.45, 2.75) is 232 Å². The molecule has 1 aromatic heterocycles. The average molecular weight is 689 g/mol. The van der Waals surface area contributed by atoms with Gasteiger partial charge in [0.25, 0.3) is 0 Å². The van der Waals surface area contributed by atoms with Gasteiger partial charge in [-0.3, -0.25) is 5.14 Å². The molecule has 0 aliphatic carbocycles. The van der Waals surface area contributed by atoms with Gasteiger partial charge >= 0.3 is 0 Å². The van der Waals surface area contributed by atoms with Gasteiger partial charge in [0.2, 0.25) is 0 Å². The van der Waals surface area contributed by atoms with E-state index in [0.29, 0.717) is 0 Å². The van der Waals surface area contributed by atoms with Crippen molar-refractivity contribution >= 4 is 34.4 Å². The van der Waals surface area contributed by atoms with Crippen LogP contribution in [0.4, 0.5) is 0 Å². The topological polar surface area (TPSA) is 38.9 Å². The van der Waals surface area contributed by atoms with E-state index in [2.05, 4.69) is 50.0 Å². The second-order valence-electron chi connectivity index (χ2n) is 14.5. The number of nitrogens with zero attached hydrogens (tertiary/aromatic N) is 1. The summed E-state index contributed by atoms with van der Waals surface area (Å²) in [5.41, 5.74) is 2.81. The molecular weight excluding hydrogens is 609 g/mol. The van der Waals surface area contributed by atoms with Crippen LogP contribution in [0.15, 0.2) is 18.2 Å². The van der Waals surface area contributed by atoms with Crippen molar-refractivity contribution in [3.63, 3.8) is 0 Å². The fraction of sp³-hybridized carbons (Fsp3) is 0.837. The van der Waals surface area contributed by atoms with Gasteiger partial charge in [0.15, 0.2) is 0 Å². The summed E-state index contributed by atoms with van der Waals surface area (Å²) >= 11 is 4.98. The first-order valence-electron chi connectivity index (χ1n) is 21.0. The second-order valence-corrected chi connectivity index (χ2v) is 15.6. The Morgan fingerprint density at radius 2 is 0.766 bits per heavy atom. The number of benzene rings is 1. The number of thiol groups is 1. The average Bonchev–Trinajstić information content (AvgIpc) is 3.52. The van der Waals surface area contributed by atoms with Crippen LogP contribution >= 0.6 is 24.2 Å². The smallest absolute Gasteiger partial charge is 0.0938 e. The van der Waals surface area contributed by atoms with E-state index in [1.165, 1.54) is 239 Å². The number of para-hydroxylation sites is 1. The fourth-order valence-corrected chi connectivity index (χ4v) is 8.11. The number of aromatic nitrogens is 1. The van der Waals surface area contributed by atoms with E-state index < -0.39 is 0 Å². The zero-order valence-electron chi connectivity index (χ0n) is 31.7. The van der Waals surface area contributed by atoms with E-state index in [4.69, 9.17) is 4.98 Å². The highest BCUT2D eigenvalue weighted by Gasteiger charge is 2.08. The van der Waals surface area contributed by atoms with Gasteiger partial charge in [-0.1, -0.05) is 219 Å². The van der Waals surface area contributed by atoms with Crippen molar-refractivity contribution in [2.24, 2.45) is 5.14 Å². The Kier molecular flexibility index (Phi) is 33.3. The first kappa shape index (κ1) is 44.4. The minimum absolute atomic E-state index is 1.18. The quantitative estimate of drug-likeness (QED) is 0.0567. The van der Waals surface area contributed by atoms with Gasteiger partial charge < -0.3 is 0 Å². The lowest BCUT2D eigenvalue weighted by atomic mass is 10.0. The number of rotatable bonds is 34. The molecule has 47 heavy (non-hydrogen) atoms. The number of fused-ring (bicyclic) bond motifs is 1. The number of nitrogens with two attached hydrogens (primary N) is 1. The zero-order chi connectivity index (χ0) is 33.9. The van der Waals surface area contributed by atoms with Crippen LogP contribution in [-0.2, 0) is 12.8 Å². The molecule has 0 atom stereocenters. The van der Waals surface area contributed by atoms with Crippen LogP contribution in [0.25, 0.3) is 10.2 Å². The van der Waals surface area contributed by atoms with E-state index >= 15 is 0 Å². The van der Waals surface area contributed by atoms with Crippen LogP contribution in [0.2, 0.25) is 0 Å². The number of unbranched alkanes of at least 4 members (excludes halogenated alkanes) is 30. The minimum Gasteiger partial charge on any atom is -0.281 e. The number of hydrogen-bond acceptors (Lipinski definition) is 4. The first-order valence-corrected chi connectivity index (χ1v) is 22.3. The molecular formula is C43H80N2S2. The van der Waals surface area contributed by atoms with Gasteiger partial charge in [-0.25, -0.2) is 4.98 Å². The first-order chi connectivity index (χ1) is 23.3. The Bertz CT molecular complexity index is 895. The summed E-state index contributed by atoms with van der Waals surface area (Å²) in [4.78, 5) is 5.13. The van der Waals surface area contributed by atoms with Crippen molar-refractivity contribution in [1.82, 2.24) is 4.98 Å². The highest BCUT2D eigenvalue weighted by atomic mass is 32.1. The highest BCUT2D eigenvalue weighted by Crippen LogP contribution is 2.27. The molecule has 2 N–H and O–H groups in total. The van der Waals surface area contributed by atoms with Gasteiger partial charge in [0.05, 0.1) is 15.2 Å². The Hall–Kier alpha value is -0.580. The predicted octanol–water partition coefficient (Wildman–Crippen LogP) is 15.7. The van der Waals surface area contributed by atoms with E-state index in [0.717, 1.165) is 0 Å². The van der Waals surface area contributed by atoms with Crippen LogP contribution in [0.1, 0.15) is 230 Å². The highest BCUT2D eigenvalue weighted by molar-refractivity contribution is 7.77. The molecule has 0 fully saturated rings. The van der Waals surface area contributed by atoms with Gasteiger partial charge in [0.1, 0.15) is 0 Å². The van der Waals surface area contributed by atoms with Crippen molar-refractivity contribution in [3.8, 4) is 0 Å². The molecule has 0 spiro atoms. The Labute approximate surface area is 304 Å². The standard InChI is InChI=1S/C43H77NS.H3NS/c1-3-5-7-9-11-13-15-17-19-21-23-25-27-29-31-33-36-40-37-35-38-41-43(40)44-42(45-41)39-34-32-30-28-26-24-22-20-18-16-14-12-10-8-6-4-2;1-2/h35,37-38H,3-34,36,39H2,1-2H3;2H,1H2. The number of thiazole rings is 1. The third-order valence-electron chi connectivity index (χ3n) is 10.1. The molecule has 274 valence electrons. The summed E-state index contributed by atoms with van der Waals surface area (Å²) in [5.74, 6) is 0. The lowest BCUT2D eigenvalue weighted by Crippen LogP contribution is -1.90. The van der Waals surface area contributed by atoms with Gasteiger partial charge in [-0.05, 0) is 37.3 Å². The molecule has 0 saturated carbocycles. The predicted molar refractivity (Wildman–Crippen MR) is 219 cm³/mol. The monoisotopic (exact) mass is 689 g/mol. The molecule has 2 nitrogen and oxygen atoms in total. The van der Waals surface area contributed by atoms with Crippen LogP contribution < -0.4 is 5.14 Å². The number of aryl methyl sites for hydroxylation is 2. The molecule has 0 radical (unpaired) electrons. The van der Waals surface area contributed by atoms with Crippen molar-refractivity contribution in [3.05, 3.63) is 28.8 Å². The summed E-state index contributed by atoms with van der Waals surface area (Å²) in [5, 5.41) is 5.56. The van der Waals surface area contributed by atoms with Gasteiger partial charge in [-0.2, -0.15) is 0 Å². The summed E-state index contributed by atoms with van der Waals surface area (Å²) in [6.45, 7) is 4.61.